The average Bonchev–Trinajstić information content (AvgIpc) is 1.94. The van der Waals surface area contributed by atoms with Crippen LogP contribution in [0, 0.1) is 0 Å². The van der Waals surface area contributed by atoms with E-state index in [1.807, 2.05) is 0 Å². The molecule has 0 aromatic rings. The van der Waals surface area contributed by atoms with Gasteiger partial charge in [-0.15, -0.1) is 0 Å². The molecule has 5 nitrogen and oxygen atoms in total. The van der Waals surface area contributed by atoms with Gasteiger partial charge in [0.15, 0.2) is 0 Å². The summed E-state index contributed by atoms with van der Waals surface area (Å²) in [5.41, 5.74) is 0. The zero-order valence-electron chi connectivity index (χ0n) is 4.58. The van der Waals surface area contributed by atoms with Crippen LogP contribution in [0.2, 0.25) is 0 Å². The van der Waals surface area contributed by atoms with E-state index >= 15 is 0 Å². The predicted molar refractivity (Wildman–Crippen MR) is 24.5 cm³/mol. The molecule has 50 valence electrons. The highest BCUT2D eigenvalue weighted by molar-refractivity contribution is 5.81. The van der Waals surface area contributed by atoms with Gasteiger partial charge in [-0.3, -0.25) is 0 Å². The van der Waals surface area contributed by atoms with E-state index in [4.69, 9.17) is 24.3 Å². The molecule has 0 saturated carbocycles. The van der Waals surface area contributed by atoms with Gasteiger partial charge in [-0.1, -0.05) is 0 Å². The summed E-state index contributed by atoms with van der Waals surface area (Å²) in [7, 11) is 1.00. The van der Waals surface area contributed by atoms with Crippen LogP contribution < -0.4 is 0 Å². The van der Waals surface area contributed by atoms with Crippen LogP contribution in [-0.4, -0.2) is 30.3 Å². The molecule has 1 N–H and O–H groups in total. The zero-order chi connectivity index (χ0) is 8.12. The monoisotopic (exact) mass is 132 g/mol. The average molecular weight is 132 g/mol. The van der Waals surface area contributed by atoms with E-state index in [-0.39, 0.29) is 6.15 Å². The first-order chi connectivity index (χ1) is 4.33. The molecule has 0 aliphatic heterocycles. The van der Waals surface area contributed by atoms with Crippen molar-refractivity contribution < 1.29 is 24.3 Å². The van der Waals surface area contributed by atoms with E-state index in [2.05, 4.69) is 0 Å². The van der Waals surface area contributed by atoms with Gasteiger partial charge in [0.05, 0.1) is 0 Å². The van der Waals surface area contributed by atoms with Gasteiger partial charge in [0.25, 0.3) is 0 Å². The Hall–Kier alpha value is -1.50. The minimum atomic E-state index is 0.250. The van der Waals surface area contributed by atoms with Crippen LogP contribution >= 0.6 is 0 Å². The molecular weight excluding hydrogens is 128 g/mol. The standard InChI is InChI=1S/C2O2.CO2.CH4O/c3-1-2-4;2-1-3;1-2/h;;2H,1H3. The lowest BCUT2D eigenvalue weighted by Gasteiger charge is -1.21. The zero-order valence-corrected chi connectivity index (χ0v) is 4.58. The first-order valence-electron chi connectivity index (χ1n) is 1.51. The highest BCUT2D eigenvalue weighted by Crippen LogP contribution is 0.915. The molecule has 0 amide bonds. The van der Waals surface area contributed by atoms with Gasteiger partial charge >= 0.3 is 6.15 Å². The topological polar surface area (TPSA) is 88.5 Å². The van der Waals surface area contributed by atoms with Crippen molar-refractivity contribution in [2.24, 2.45) is 0 Å². The fourth-order valence-corrected chi connectivity index (χ4v) is 0. The molecule has 0 atom stereocenters. The maximum absolute atomic E-state index is 8.62. The van der Waals surface area contributed by atoms with Crippen molar-refractivity contribution in [2.75, 3.05) is 7.11 Å². The van der Waals surface area contributed by atoms with Crippen LogP contribution in [0.15, 0.2) is 0 Å². The van der Waals surface area contributed by atoms with Crippen molar-refractivity contribution >= 4 is 18.0 Å². The third-order valence-electron chi connectivity index (χ3n) is 0.0417. The van der Waals surface area contributed by atoms with Crippen molar-refractivity contribution in [3.05, 3.63) is 0 Å². The lowest BCUT2D eigenvalue weighted by atomic mass is 11.2. The number of hydrogen-bond donors (Lipinski definition) is 1. The summed E-state index contributed by atoms with van der Waals surface area (Å²) in [4.78, 5) is 33.5. The third kappa shape index (κ3) is 526. The molecule has 9 heavy (non-hydrogen) atoms. The Bertz CT molecular complexity index is 112. The SMILES string of the molecule is CO.O=C=C=O.O=C=O. The summed E-state index contributed by atoms with van der Waals surface area (Å²) in [5, 5.41) is 7.00. The Morgan fingerprint density at radius 1 is 0.889 bits per heavy atom. The fraction of sp³-hybridized carbons (Fsp3) is 0.250. The first-order valence-corrected chi connectivity index (χ1v) is 1.51. The lowest BCUT2D eigenvalue weighted by Crippen LogP contribution is -1.38. The molecule has 0 saturated heterocycles. The summed E-state index contributed by atoms with van der Waals surface area (Å²) >= 11 is 0. The number of aliphatic hydroxyl groups excluding tert-OH is 1. The number of carbonyl (C=O) groups excluding carboxylic acids is 4. The predicted octanol–water partition coefficient (Wildman–Crippen LogP) is -1.77. The van der Waals surface area contributed by atoms with Crippen LogP contribution in [0.25, 0.3) is 0 Å². The summed E-state index contributed by atoms with van der Waals surface area (Å²) in [5.74, 6) is 1.75. The Balaban J connectivity index is -0.0000000646. The second kappa shape index (κ2) is 87.4. The Labute approximate surface area is 50.6 Å². The summed E-state index contributed by atoms with van der Waals surface area (Å²) in [6.45, 7) is 0. The van der Waals surface area contributed by atoms with Gasteiger partial charge in [0.2, 0.25) is 11.9 Å². The van der Waals surface area contributed by atoms with Gasteiger partial charge < -0.3 is 5.11 Å². The van der Waals surface area contributed by atoms with Crippen LogP contribution in [0.5, 0.6) is 0 Å². The summed E-state index contributed by atoms with van der Waals surface area (Å²) in [6.07, 6.45) is 0.250. The fourth-order valence-electron chi connectivity index (χ4n) is 0. The van der Waals surface area contributed by atoms with Crippen molar-refractivity contribution in [1.82, 2.24) is 0 Å². The number of rotatable bonds is 0. The largest absolute Gasteiger partial charge is 0.400 e. The van der Waals surface area contributed by atoms with Crippen LogP contribution in [0.4, 0.5) is 0 Å². The quantitative estimate of drug-likeness (QED) is 0.394. The van der Waals surface area contributed by atoms with Crippen molar-refractivity contribution in [3.8, 4) is 0 Å². The second-order valence-electron chi connectivity index (χ2n) is 0.287. The minimum absolute atomic E-state index is 0.250. The molecule has 0 aliphatic rings. The van der Waals surface area contributed by atoms with Gasteiger partial charge in [-0.2, -0.15) is 9.59 Å². The highest BCUT2D eigenvalue weighted by Gasteiger charge is 1.27. The summed E-state index contributed by atoms with van der Waals surface area (Å²) < 4.78 is 0. The van der Waals surface area contributed by atoms with E-state index in [0.717, 1.165) is 19.0 Å². The van der Waals surface area contributed by atoms with Crippen molar-refractivity contribution in [1.29, 1.82) is 0 Å². The van der Waals surface area contributed by atoms with Gasteiger partial charge in [-0.05, 0) is 0 Å². The van der Waals surface area contributed by atoms with Gasteiger partial charge in [-0.25, -0.2) is 9.59 Å². The van der Waals surface area contributed by atoms with E-state index < -0.39 is 0 Å². The van der Waals surface area contributed by atoms with Crippen molar-refractivity contribution in [3.63, 3.8) is 0 Å². The molecule has 0 radical (unpaired) electrons. The Morgan fingerprint density at radius 3 is 1.00 bits per heavy atom. The summed E-state index contributed by atoms with van der Waals surface area (Å²) in [6, 6.07) is 0. The third-order valence-corrected chi connectivity index (χ3v) is 0.0417. The number of aliphatic hydroxyl groups is 1. The lowest BCUT2D eigenvalue weighted by molar-refractivity contribution is -0.191. The maximum Gasteiger partial charge on any atom is 0.373 e. The maximum atomic E-state index is 8.62. The normalized spacial score (nSPS) is 2.89. The molecule has 0 bridgehead atoms. The van der Waals surface area contributed by atoms with Crippen LogP contribution in [-0.2, 0) is 19.2 Å². The molecule has 0 aliphatic carbocycles. The molecule has 0 rings (SSSR count). The van der Waals surface area contributed by atoms with Gasteiger partial charge in [0, 0.05) is 7.11 Å². The van der Waals surface area contributed by atoms with E-state index in [0.29, 0.717) is 0 Å². The van der Waals surface area contributed by atoms with Gasteiger partial charge in [0.1, 0.15) is 0 Å². The molecule has 0 aromatic heterocycles. The molecule has 0 fully saturated rings. The Morgan fingerprint density at radius 2 is 1.00 bits per heavy atom. The molecule has 5 heteroatoms. The Kier molecular flexibility index (Phi) is 152. The minimum Gasteiger partial charge on any atom is -0.400 e. The molecule has 0 aromatic carbocycles. The smallest absolute Gasteiger partial charge is 0.373 e. The van der Waals surface area contributed by atoms with Crippen molar-refractivity contribution in [2.45, 2.75) is 0 Å². The molecular formula is C4H4O5. The number of hydrogen-bond acceptors (Lipinski definition) is 5. The van der Waals surface area contributed by atoms with Crippen LogP contribution in [0.3, 0.4) is 0 Å². The molecule has 0 unspecified atom stereocenters. The van der Waals surface area contributed by atoms with E-state index in [1.54, 1.807) is 0 Å². The highest BCUT2D eigenvalue weighted by atomic mass is 16.2. The molecule has 0 heterocycles. The van der Waals surface area contributed by atoms with Crippen LogP contribution in [0.1, 0.15) is 0 Å². The first kappa shape index (κ1) is 15.6. The second-order valence-corrected chi connectivity index (χ2v) is 0.287. The van der Waals surface area contributed by atoms with E-state index in [1.165, 1.54) is 0 Å². The van der Waals surface area contributed by atoms with E-state index in [9.17, 15) is 0 Å². The molecule has 0 spiro atoms.